The lowest BCUT2D eigenvalue weighted by Crippen LogP contribution is -2.56. The van der Waals surface area contributed by atoms with Gasteiger partial charge in [0.2, 0.25) is 0 Å². The molecule has 0 spiro atoms. The van der Waals surface area contributed by atoms with Crippen molar-refractivity contribution in [3.8, 4) is 0 Å². The highest BCUT2D eigenvalue weighted by Gasteiger charge is 2.60. The second-order valence-corrected chi connectivity index (χ2v) is 6.40. The van der Waals surface area contributed by atoms with Crippen LogP contribution in [0.1, 0.15) is 39.5 Å². The average Bonchev–Trinajstić information content (AvgIpc) is 2.60. The molecule has 3 fully saturated rings. The van der Waals surface area contributed by atoms with Gasteiger partial charge in [0.05, 0.1) is 17.9 Å². The Morgan fingerprint density at radius 1 is 1.33 bits per heavy atom. The fourth-order valence-corrected chi connectivity index (χ4v) is 4.22. The largest absolute Gasteiger partial charge is 0.461 e. The fourth-order valence-electron chi connectivity index (χ4n) is 4.22. The highest BCUT2D eigenvalue weighted by Crippen LogP contribution is 2.54. The van der Waals surface area contributed by atoms with Crippen molar-refractivity contribution < 1.29 is 19.4 Å². The number of hydrogen-bond acceptors (Lipinski definition) is 4. The number of fused-ring (bicyclic) bond motifs is 3. The van der Waals surface area contributed by atoms with Crippen LogP contribution in [0.5, 0.6) is 0 Å². The van der Waals surface area contributed by atoms with E-state index in [0.717, 1.165) is 12.8 Å². The first-order valence-corrected chi connectivity index (χ1v) is 6.86. The molecule has 0 aromatic rings. The van der Waals surface area contributed by atoms with Gasteiger partial charge in [-0.15, -0.1) is 0 Å². The lowest BCUT2D eigenvalue weighted by Gasteiger charge is -2.50. The van der Waals surface area contributed by atoms with E-state index >= 15 is 0 Å². The van der Waals surface area contributed by atoms with Crippen LogP contribution >= 0.6 is 0 Å². The number of rotatable bonds is 0. The Morgan fingerprint density at radius 3 is 2.78 bits per heavy atom. The molecule has 6 atom stereocenters. The Hall–Kier alpha value is -0.900. The van der Waals surface area contributed by atoms with Gasteiger partial charge in [-0.3, -0.25) is 9.59 Å². The summed E-state index contributed by atoms with van der Waals surface area (Å²) < 4.78 is 5.46. The predicted octanol–water partition coefficient (Wildman–Crippen LogP) is 1.30. The van der Waals surface area contributed by atoms with Crippen LogP contribution in [0.25, 0.3) is 0 Å². The Labute approximate surface area is 107 Å². The summed E-state index contributed by atoms with van der Waals surface area (Å²) in [7, 11) is 0. The van der Waals surface area contributed by atoms with Crippen LogP contribution in [0.15, 0.2) is 0 Å². The van der Waals surface area contributed by atoms with Gasteiger partial charge in [0, 0.05) is 17.8 Å². The number of carbonyl (C=O) groups excluding carboxylic acids is 2. The zero-order valence-electron chi connectivity index (χ0n) is 10.9. The smallest absolute Gasteiger partial charge is 0.309 e. The first-order chi connectivity index (χ1) is 8.45. The average molecular weight is 252 g/mol. The van der Waals surface area contributed by atoms with Crippen molar-refractivity contribution in [2.45, 2.75) is 51.7 Å². The molecule has 3 aliphatic rings. The summed E-state index contributed by atoms with van der Waals surface area (Å²) in [6.45, 7) is 3.87. The number of hydrogen-bond donors (Lipinski definition) is 1. The maximum absolute atomic E-state index is 12.2. The van der Waals surface area contributed by atoms with E-state index in [2.05, 4.69) is 0 Å². The van der Waals surface area contributed by atoms with Gasteiger partial charge < -0.3 is 9.84 Å². The van der Waals surface area contributed by atoms with Gasteiger partial charge in [-0.2, -0.15) is 0 Å². The van der Waals surface area contributed by atoms with E-state index in [9.17, 15) is 14.7 Å². The number of aliphatic hydroxyl groups excluding tert-OH is 1. The van der Waals surface area contributed by atoms with Gasteiger partial charge in [-0.1, -0.05) is 13.8 Å². The van der Waals surface area contributed by atoms with Crippen molar-refractivity contribution in [1.29, 1.82) is 0 Å². The molecule has 2 aliphatic carbocycles. The van der Waals surface area contributed by atoms with Crippen LogP contribution in [-0.4, -0.2) is 29.1 Å². The lowest BCUT2D eigenvalue weighted by molar-refractivity contribution is -0.166. The normalized spacial score (nSPS) is 51.6. The second-order valence-electron chi connectivity index (χ2n) is 6.40. The van der Waals surface area contributed by atoms with Crippen molar-refractivity contribution in [2.24, 2.45) is 23.2 Å². The van der Waals surface area contributed by atoms with Gasteiger partial charge in [-0.05, 0) is 19.3 Å². The summed E-state index contributed by atoms with van der Waals surface area (Å²) in [5.41, 5.74) is -0.402. The van der Waals surface area contributed by atoms with Crippen LogP contribution < -0.4 is 0 Å². The van der Waals surface area contributed by atoms with Crippen LogP contribution in [0.4, 0.5) is 0 Å². The molecule has 1 heterocycles. The molecule has 0 bridgehead atoms. The molecule has 1 aliphatic heterocycles. The van der Waals surface area contributed by atoms with E-state index in [0.29, 0.717) is 12.8 Å². The Balaban J connectivity index is 1.98. The summed E-state index contributed by atoms with van der Waals surface area (Å²) in [5.74, 6) is -0.258. The zero-order valence-corrected chi connectivity index (χ0v) is 10.9. The third-order valence-corrected chi connectivity index (χ3v) is 5.52. The molecule has 0 amide bonds. The third kappa shape index (κ3) is 1.41. The zero-order chi connectivity index (χ0) is 13.1. The van der Waals surface area contributed by atoms with Gasteiger partial charge in [-0.25, -0.2) is 0 Å². The maximum Gasteiger partial charge on any atom is 0.309 e. The van der Waals surface area contributed by atoms with E-state index in [1.54, 1.807) is 0 Å². The Morgan fingerprint density at radius 2 is 2.06 bits per heavy atom. The minimum absolute atomic E-state index is 0.105. The topological polar surface area (TPSA) is 63.6 Å². The number of Topliss-reactive ketones (excluding diaryl/α,β-unsaturated/α-hetero) is 1. The van der Waals surface area contributed by atoms with E-state index < -0.39 is 11.5 Å². The highest BCUT2D eigenvalue weighted by molar-refractivity contribution is 5.85. The number of ether oxygens (including phenoxy) is 1. The highest BCUT2D eigenvalue weighted by atomic mass is 16.6. The second kappa shape index (κ2) is 3.80. The van der Waals surface area contributed by atoms with Crippen molar-refractivity contribution in [3.63, 3.8) is 0 Å². The molecule has 0 aromatic carbocycles. The molecule has 2 saturated carbocycles. The van der Waals surface area contributed by atoms with Crippen LogP contribution in [0.3, 0.4) is 0 Å². The molecule has 1 saturated heterocycles. The number of aliphatic hydroxyl groups is 1. The molecule has 6 unspecified atom stereocenters. The first kappa shape index (κ1) is 12.2. The Bertz CT molecular complexity index is 405. The number of esters is 1. The van der Waals surface area contributed by atoms with Gasteiger partial charge in [0.1, 0.15) is 11.9 Å². The fraction of sp³-hybridized carbons (Fsp3) is 0.857. The SMILES string of the molecule is CC1C(=O)OC2C1CCC1(C)C(O)CCC(=O)C21. The van der Waals surface area contributed by atoms with E-state index in [-0.39, 0.29) is 35.6 Å². The molecule has 1 N–H and O–H groups in total. The van der Waals surface area contributed by atoms with Gasteiger partial charge in [0.15, 0.2) is 0 Å². The van der Waals surface area contributed by atoms with Gasteiger partial charge >= 0.3 is 5.97 Å². The first-order valence-electron chi connectivity index (χ1n) is 6.86. The summed E-state index contributed by atoms with van der Waals surface area (Å²) in [4.78, 5) is 23.9. The van der Waals surface area contributed by atoms with Crippen molar-refractivity contribution >= 4 is 11.8 Å². The molecule has 18 heavy (non-hydrogen) atoms. The minimum Gasteiger partial charge on any atom is -0.461 e. The minimum atomic E-state index is -0.448. The van der Waals surface area contributed by atoms with Gasteiger partial charge in [0.25, 0.3) is 0 Å². The summed E-state index contributed by atoms with van der Waals surface area (Å²) in [6.07, 6.45) is 1.90. The molecule has 100 valence electrons. The quantitative estimate of drug-likeness (QED) is 0.660. The van der Waals surface area contributed by atoms with Crippen LogP contribution in [-0.2, 0) is 14.3 Å². The predicted molar refractivity (Wildman–Crippen MR) is 63.6 cm³/mol. The van der Waals surface area contributed by atoms with E-state index in [1.165, 1.54) is 0 Å². The maximum atomic E-state index is 12.2. The molecular weight excluding hydrogens is 232 g/mol. The van der Waals surface area contributed by atoms with Crippen molar-refractivity contribution in [2.75, 3.05) is 0 Å². The van der Waals surface area contributed by atoms with Crippen molar-refractivity contribution in [3.05, 3.63) is 0 Å². The summed E-state index contributed by atoms with van der Waals surface area (Å²) in [6, 6.07) is 0. The van der Waals surface area contributed by atoms with E-state index in [1.807, 2.05) is 13.8 Å². The molecule has 0 radical (unpaired) electrons. The monoisotopic (exact) mass is 252 g/mol. The number of carbonyl (C=O) groups is 2. The Kier molecular flexibility index (Phi) is 2.56. The molecule has 0 aromatic heterocycles. The van der Waals surface area contributed by atoms with Crippen LogP contribution in [0.2, 0.25) is 0 Å². The molecule has 4 nitrogen and oxygen atoms in total. The lowest BCUT2D eigenvalue weighted by atomic mass is 9.54. The third-order valence-electron chi connectivity index (χ3n) is 5.52. The summed E-state index contributed by atoms with van der Waals surface area (Å²) >= 11 is 0. The molecule has 3 rings (SSSR count). The van der Waals surface area contributed by atoms with Crippen molar-refractivity contribution in [1.82, 2.24) is 0 Å². The number of ketones is 1. The van der Waals surface area contributed by atoms with Crippen LogP contribution in [0, 0.1) is 23.2 Å². The molecular formula is C14H20O4. The summed E-state index contributed by atoms with van der Waals surface area (Å²) in [5, 5.41) is 10.2. The van der Waals surface area contributed by atoms with E-state index in [4.69, 9.17) is 4.74 Å². The standard InChI is InChI=1S/C14H20O4/c1-7-8-5-6-14(2)10(16)4-3-9(15)11(14)12(8)18-13(7)17/h7-8,10-12,16H,3-6H2,1-2H3. The molecule has 4 heteroatoms.